The third-order valence-electron chi connectivity index (χ3n) is 12.8. The maximum atomic E-state index is 2.58. The molecule has 8 aromatic rings. The third-order valence-corrected chi connectivity index (χ3v) is 15.0. The van der Waals surface area contributed by atoms with E-state index in [2.05, 4.69) is 198 Å². The maximum absolute atomic E-state index is 2.58. The fourth-order valence-electron chi connectivity index (χ4n) is 10.3. The van der Waals surface area contributed by atoms with E-state index in [0.29, 0.717) is 0 Å². The van der Waals surface area contributed by atoms with Crippen molar-refractivity contribution >= 4 is 97.8 Å². The lowest BCUT2D eigenvalue weighted by Gasteiger charge is -2.47. The summed E-state index contributed by atoms with van der Waals surface area (Å²) in [6, 6.07) is 63.8. The standard InChI is InChI=1S/C51H34BN3S2/c1-51(2)34-13-3-5-17-38(34)53(39-18-6-4-14-35(39)51)33-27-25-31(26-28-33)32-29-42-48-43(30-32)55-41-20-8-10-22-45(41)57-47-24-12-16-37(50(47)55)52(48)36-15-11-23-46-49(36)54(42)40-19-7-9-21-44(40)56-46/h3-30H,1-2H3. The molecule has 0 N–H and O–H groups in total. The second-order valence-corrected chi connectivity index (χ2v) is 18.3. The van der Waals surface area contributed by atoms with Gasteiger partial charge in [-0.1, -0.05) is 134 Å². The van der Waals surface area contributed by atoms with Crippen molar-refractivity contribution < 1.29 is 0 Å². The van der Waals surface area contributed by atoms with Gasteiger partial charge in [-0.3, -0.25) is 0 Å². The average Bonchev–Trinajstić information content (AvgIpc) is 3.25. The molecule has 0 aromatic heterocycles. The van der Waals surface area contributed by atoms with Gasteiger partial charge in [0, 0.05) is 42.1 Å². The molecule has 0 atom stereocenters. The quantitative estimate of drug-likeness (QED) is 0.162. The lowest BCUT2D eigenvalue weighted by molar-refractivity contribution is 0.632. The molecule has 57 heavy (non-hydrogen) atoms. The normalized spacial score (nSPS) is 15.4. The molecule has 0 saturated carbocycles. The molecule has 268 valence electrons. The second kappa shape index (κ2) is 11.5. The lowest BCUT2D eigenvalue weighted by Crippen LogP contribution is -2.62. The van der Waals surface area contributed by atoms with E-state index in [1.807, 2.05) is 23.5 Å². The molecular weight excluding hydrogens is 730 g/mol. The van der Waals surface area contributed by atoms with Crippen LogP contribution in [0.5, 0.6) is 0 Å². The molecule has 8 aromatic carbocycles. The monoisotopic (exact) mass is 763 g/mol. The lowest BCUT2D eigenvalue weighted by atomic mass is 9.33. The van der Waals surface area contributed by atoms with E-state index >= 15 is 0 Å². The number of hydrogen-bond acceptors (Lipinski definition) is 5. The van der Waals surface area contributed by atoms with Crippen LogP contribution in [0.1, 0.15) is 25.0 Å². The predicted molar refractivity (Wildman–Crippen MR) is 241 cm³/mol. The Labute approximate surface area is 341 Å². The molecule has 0 fully saturated rings. The molecular formula is C51H34BN3S2. The van der Waals surface area contributed by atoms with Crippen LogP contribution in [0.15, 0.2) is 189 Å². The Hall–Kier alpha value is -6.08. The van der Waals surface area contributed by atoms with E-state index in [1.165, 1.54) is 104 Å². The summed E-state index contributed by atoms with van der Waals surface area (Å²) in [5, 5.41) is 0. The van der Waals surface area contributed by atoms with Gasteiger partial charge in [-0.2, -0.15) is 0 Å². The molecule has 0 saturated heterocycles. The van der Waals surface area contributed by atoms with E-state index in [0.717, 1.165) is 5.69 Å². The Kier molecular flexibility index (Phi) is 6.47. The molecule has 0 amide bonds. The van der Waals surface area contributed by atoms with Crippen molar-refractivity contribution in [3.05, 3.63) is 181 Å². The Morgan fingerprint density at radius 1 is 0.404 bits per heavy atom. The number of benzene rings is 8. The van der Waals surface area contributed by atoms with Gasteiger partial charge in [-0.25, -0.2) is 0 Å². The van der Waals surface area contributed by atoms with Crippen LogP contribution < -0.4 is 31.1 Å². The van der Waals surface area contributed by atoms with Gasteiger partial charge in [0.15, 0.2) is 0 Å². The summed E-state index contributed by atoms with van der Waals surface area (Å²) >= 11 is 3.79. The average molecular weight is 764 g/mol. The molecule has 0 aliphatic carbocycles. The molecule has 5 heterocycles. The molecule has 0 radical (unpaired) electrons. The minimum atomic E-state index is -0.0971. The topological polar surface area (TPSA) is 9.72 Å². The van der Waals surface area contributed by atoms with Crippen LogP contribution in [-0.4, -0.2) is 6.71 Å². The van der Waals surface area contributed by atoms with Crippen molar-refractivity contribution in [1.82, 2.24) is 0 Å². The molecule has 13 rings (SSSR count). The summed E-state index contributed by atoms with van der Waals surface area (Å²) in [7, 11) is 0. The Morgan fingerprint density at radius 3 is 1.39 bits per heavy atom. The van der Waals surface area contributed by atoms with Gasteiger partial charge in [-0.05, 0) is 111 Å². The molecule has 5 aliphatic heterocycles. The van der Waals surface area contributed by atoms with Gasteiger partial charge in [0.2, 0.25) is 0 Å². The molecule has 5 aliphatic rings. The van der Waals surface area contributed by atoms with E-state index in [9.17, 15) is 0 Å². The Balaban J connectivity index is 1.05. The van der Waals surface area contributed by atoms with Crippen LogP contribution in [0.25, 0.3) is 11.1 Å². The summed E-state index contributed by atoms with van der Waals surface area (Å²) in [6.07, 6.45) is 0. The summed E-state index contributed by atoms with van der Waals surface area (Å²) in [4.78, 5) is 12.8. The minimum absolute atomic E-state index is 0.0971. The largest absolute Gasteiger partial charge is 0.310 e. The highest BCUT2D eigenvalue weighted by Crippen LogP contribution is 2.57. The smallest absolute Gasteiger partial charge is 0.252 e. The van der Waals surface area contributed by atoms with Gasteiger partial charge < -0.3 is 14.7 Å². The molecule has 0 unspecified atom stereocenters. The van der Waals surface area contributed by atoms with Gasteiger partial charge in [-0.15, -0.1) is 0 Å². The highest BCUT2D eigenvalue weighted by Gasteiger charge is 2.47. The highest BCUT2D eigenvalue weighted by atomic mass is 32.2. The van der Waals surface area contributed by atoms with Crippen molar-refractivity contribution in [2.24, 2.45) is 0 Å². The third kappa shape index (κ3) is 4.27. The van der Waals surface area contributed by atoms with Crippen LogP contribution >= 0.6 is 23.5 Å². The number of rotatable bonds is 2. The van der Waals surface area contributed by atoms with Gasteiger partial charge in [0.05, 0.1) is 34.1 Å². The molecule has 6 heteroatoms. The first kappa shape index (κ1) is 32.1. The van der Waals surface area contributed by atoms with Crippen LogP contribution in [0.4, 0.5) is 51.2 Å². The number of anilines is 9. The summed E-state index contributed by atoms with van der Waals surface area (Å²) in [5.41, 5.74) is 20.4. The number of fused-ring (bicyclic) bond motifs is 10. The molecule has 0 spiro atoms. The van der Waals surface area contributed by atoms with Crippen molar-refractivity contribution in [2.45, 2.75) is 38.8 Å². The Bertz CT molecular complexity index is 2870. The first-order chi connectivity index (χ1) is 28.0. The molecule has 3 nitrogen and oxygen atoms in total. The number of hydrogen-bond donors (Lipinski definition) is 0. The van der Waals surface area contributed by atoms with Crippen LogP contribution in [0, 0.1) is 0 Å². The molecule has 0 bridgehead atoms. The zero-order chi connectivity index (χ0) is 37.6. The minimum Gasteiger partial charge on any atom is -0.310 e. The zero-order valence-electron chi connectivity index (χ0n) is 31.4. The van der Waals surface area contributed by atoms with E-state index in [4.69, 9.17) is 0 Å². The summed E-state index contributed by atoms with van der Waals surface area (Å²) in [5.74, 6) is 0. The first-order valence-corrected chi connectivity index (χ1v) is 21.4. The summed E-state index contributed by atoms with van der Waals surface area (Å²) < 4.78 is 0. The van der Waals surface area contributed by atoms with Crippen molar-refractivity contribution in [3.8, 4) is 11.1 Å². The van der Waals surface area contributed by atoms with Crippen molar-refractivity contribution in [2.75, 3.05) is 14.7 Å². The van der Waals surface area contributed by atoms with Crippen LogP contribution in [0.2, 0.25) is 0 Å². The van der Waals surface area contributed by atoms with Crippen LogP contribution in [-0.2, 0) is 5.41 Å². The fraction of sp³-hybridized carbons (Fsp3) is 0.0588. The van der Waals surface area contributed by atoms with Gasteiger partial charge in [0.25, 0.3) is 6.71 Å². The van der Waals surface area contributed by atoms with Gasteiger partial charge >= 0.3 is 0 Å². The fourth-order valence-corrected chi connectivity index (χ4v) is 12.5. The van der Waals surface area contributed by atoms with E-state index in [1.54, 1.807) is 0 Å². The second-order valence-electron chi connectivity index (χ2n) is 16.1. The highest BCUT2D eigenvalue weighted by molar-refractivity contribution is 8.00. The van der Waals surface area contributed by atoms with Crippen LogP contribution in [0.3, 0.4) is 0 Å². The predicted octanol–water partition coefficient (Wildman–Crippen LogP) is 12.5. The maximum Gasteiger partial charge on any atom is 0.252 e. The summed E-state index contributed by atoms with van der Waals surface area (Å²) in [6.45, 7) is 4.81. The van der Waals surface area contributed by atoms with Crippen molar-refractivity contribution in [1.29, 1.82) is 0 Å². The van der Waals surface area contributed by atoms with Crippen molar-refractivity contribution in [3.63, 3.8) is 0 Å². The number of nitrogens with zero attached hydrogens (tertiary/aromatic N) is 3. The van der Waals surface area contributed by atoms with E-state index < -0.39 is 0 Å². The van der Waals surface area contributed by atoms with Gasteiger partial charge in [0.1, 0.15) is 0 Å². The zero-order valence-corrected chi connectivity index (χ0v) is 33.0. The first-order valence-electron chi connectivity index (χ1n) is 19.7. The SMILES string of the molecule is CC1(C)c2ccccc2N(c2ccc(-c3cc4c5c(c3)N3c6ccccc6Sc6cccc(c63)B5c3cccc5c3N4c3ccccc3S5)cc2)c2ccccc21. The number of para-hydroxylation sites is 6. The Morgan fingerprint density at radius 2 is 0.860 bits per heavy atom. The van der Waals surface area contributed by atoms with E-state index in [-0.39, 0.29) is 12.1 Å².